The minimum atomic E-state index is 0.141. The second-order valence-corrected chi connectivity index (χ2v) is 6.36. The van der Waals surface area contributed by atoms with E-state index in [9.17, 15) is 0 Å². The van der Waals surface area contributed by atoms with Crippen LogP contribution in [0.2, 0.25) is 0 Å². The predicted molar refractivity (Wildman–Crippen MR) is 84.8 cm³/mol. The summed E-state index contributed by atoms with van der Waals surface area (Å²) in [4.78, 5) is 10.0. The average Bonchev–Trinajstić information content (AvgIpc) is 2.83. The van der Waals surface area contributed by atoms with Gasteiger partial charge in [0.2, 0.25) is 0 Å². The fourth-order valence-corrected chi connectivity index (χ4v) is 2.32. The Morgan fingerprint density at radius 1 is 1.25 bits per heavy atom. The third kappa shape index (κ3) is 4.32. The molecule has 110 valence electrons. The molecule has 0 bridgehead atoms. The molecular weight excluding hydrogens is 248 g/mol. The Bertz CT molecular complexity index is 542. The highest BCUT2D eigenvalue weighted by Crippen LogP contribution is 2.14. The molecule has 4 heteroatoms. The van der Waals surface area contributed by atoms with E-state index in [2.05, 4.69) is 60.3 Å². The number of pyridine rings is 1. The number of nitrogens with zero attached hydrogens (tertiary/aromatic N) is 2. The number of hydrogen-bond donors (Lipinski definition) is 2. The molecule has 0 saturated carbocycles. The fraction of sp³-hybridized carbons (Fsp3) is 0.562. The summed E-state index contributed by atoms with van der Waals surface area (Å²) in [5.74, 6) is 0. The van der Waals surface area contributed by atoms with E-state index < -0.39 is 0 Å². The van der Waals surface area contributed by atoms with E-state index in [1.165, 1.54) is 11.8 Å². The second kappa shape index (κ2) is 6.37. The first kappa shape index (κ1) is 15.0. The zero-order valence-corrected chi connectivity index (χ0v) is 13.0. The molecule has 0 atom stereocenters. The maximum absolute atomic E-state index is 4.62. The minimum Gasteiger partial charge on any atom is -0.346 e. The van der Waals surface area contributed by atoms with Gasteiger partial charge in [0.15, 0.2) is 0 Å². The zero-order chi connectivity index (χ0) is 14.6. The molecule has 0 aliphatic carbocycles. The lowest BCUT2D eigenvalue weighted by molar-refractivity contribution is 0.315. The molecule has 0 aliphatic rings. The smallest absolute Gasteiger partial charge is 0.137 e. The highest BCUT2D eigenvalue weighted by molar-refractivity contribution is 5.75. The largest absolute Gasteiger partial charge is 0.346 e. The van der Waals surface area contributed by atoms with Gasteiger partial charge in [-0.2, -0.15) is 0 Å². The van der Waals surface area contributed by atoms with E-state index in [-0.39, 0.29) is 5.54 Å². The van der Waals surface area contributed by atoms with E-state index in [1.54, 1.807) is 0 Å². The first-order valence-corrected chi connectivity index (χ1v) is 7.29. The van der Waals surface area contributed by atoms with E-state index in [0.29, 0.717) is 0 Å². The van der Waals surface area contributed by atoms with Gasteiger partial charge >= 0.3 is 0 Å². The van der Waals surface area contributed by atoms with Gasteiger partial charge in [-0.15, -0.1) is 0 Å². The summed E-state index contributed by atoms with van der Waals surface area (Å²) >= 11 is 0. The summed E-state index contributed by atoms with van der Waals surface area (Å²) in [6, 6.07) is 6.26. The molecule has 0 aliphatic heterocycles. The molecule has 0 unspecified atom stereocenters. The van der Waals surface area contributed by atoms with Crippen LogP contribution in [0.5, 0.6) is 0 Å². The predicted octanol–water partition coefficient (Wildman–Crippen LogP) is 2.77. The van der Waals surface area contributed by atoms with Crippen LogP contribution in [0.4, 0.5) is 0 Å². The number of nitrogens with one attached hydrogen (secondary N) is 2. The van der Waals surface area contributed by atoms with Crippen LogP contribution in [-0.4, -0.2) is 41.0 Å². The number of rotatable bonds is 7. The first-order valence-electron chi connectivity index (χ1n) is 7.29. The molecule has 0 amide bonds. The Morgan fingerprint density at radius 2 is 2.05 bits per heavy atom. The third-order valence-corrected chi connectivity index (χ3v) is 3.62. The SMILES string of the molecule is CN(C)CCCC(C)(C)NCc1ccc2cc[nH]c2n1. The summed E-state index contributed by atoms with van der Waals surface area (Å²) in [6.45, 7) is 6.47. The summed E-state index contributed by atoms with van der Waals surface area (Å²) in [6.07, 6.45) is 4.30. The Hall–Kier alpha value is -1.39. The van der Waals surface area contributed by atoms with Crippen LogP contribution >= 0.6 is 0 Å². The standard InChI is InChI=1S/C16H26N4/c1-16(2,9-5-11-20(3)4)18-12-14-7-6-13-8-10-17-15(13)19-14/h6-8,10,18H,5,9,11-12H2,1-4H3,(H,17,19). The van der Waals surface area contributed by atoms with Crippen molar-refractivity contribution in [1.82, 2.24) is 20.2 Å². The highest BCUT2D eigenvalue weighted by atomic mass is 15.0. The quantitative estimate of drug-likeness (QED) is 0.816. The van der Waals surface area contributed by atoms with Crippen LogP contribution in [0, 0.1) is 0 Å². The molecule has 0 fully saturated rings. The molecule has 2 rings (SSSR count). The average molecular weight is 274 g/mol. The highest BCUT2D eigenvalue weighted by Gasteiger charge is 2.16. The van der Waals surface area contributed by atoms with E-state index in [4.69, 9.17) is 0 Å². The molecule has 0 saturated heterocycles. The number of fused-ring (bicyclic) bond motifs is 1. The van der Waals surface area contributed by atoms with Crippen molar-refractivity contribution >= 4 is 11.0 Å². The second-order valence-electron chi connectivity index (χ2n) is 6.36. The van der Waals surface area contributed by atoms with Gasteiger partial charge in [0.1, 0.15) is 5.65 Å². The molecule has 0 spiro atoms. The van der Waals surface area contributed by atoms with Crippen molar-refractivity contribution in [2.24, 2.45) is 0 Å². The topological polar surface area (TPSA) is 44.0 Å². The Morgan fingerprint density at radius 3 is 2.80 bits per heavy atom. The van der Waals surface area contributed by atoms with Gasteiger partial charge < -0.3 is 15.2 Å². The van der Waals surface area contributed by atoms with Gasteiger partial charge in [-0.05, 0) is 65.5 Å². The lowest BCUT2D eigenvalue weighted by Crippen LogP contribution is -2.39. The molecule has 2 heterocycles. The van der Waals surface area contributed by atoms with Gasteiger partial charge in [0, 0.05) is 23.7 Å². The fourth-order valence-electron chi connectivity index (χ4n) is 2.32. The molecule has 20 heavy (non-hydrogen) atoms. The zero-order valence-electron chi connectivity index (χ0n) is 13.0. The molecule has 0 radical (unpaired) electrons. The lowest BCUT2D eigenvalue weighted by atomic mass is 9.98. The Kier molecular flexibility index (Phi) is 4.78. The third-order valence-electron chi connectivity index (χ3n) is 3.62. The monoisotopic (exact) mass is 274 g/mol. The van der Waals surface area contributed by atoms with E-state index >= 15 is 0 Å². The van der Waals surface area contributed by atoms with Crippen LogP contribution in [0.25, 0.3) is 11.0 Å². The van der Waals surface area contributed by atoms with Gasteiger partial charge in [0.25, 0.3) is 0 Å². The van der Waals surface area contributed by atoms with Crippen molar-refractivity contribution in [3.63, 3.8) is 0 Å². The molecule has 2 aromatic heterocycles. The molecule has 2 aromatic rings. The minimum absolute atomic E-state index is 0.141. The van der Waals surface area contributed by atoms with Gasteiger partial charge in [-0.1, -0.05) is 0 Å². The molecule has 0 aromatic carbocycles. The van der Waals surface area contributed by atoms with Crippen LogP contribution in [0.1, 0.15) is 32.4 Å². The van der Waals surface area contributed by atoms with Gasteiger partial charge in [-0.3, -0.25) is 0 Å². The normalized spacial score (nSPS) is 12.4. The van der Waals surface area contributed by atoms with Crippen molar-refractivity contribution in [2.45, 2.75) is 38.8 Å². The number of H-pyrrole nitrogens is 1. The summed E-state index contributed by atoms with van der Waals surface area (Å²) in [7, 11) is 4.24. The first-order chi connectivity index (χ1) is 9.46. The number of aromatic amines is 1. The van der Waals surface area contributed by atoms with Crippen molar-refractivity contribution in [2.75, 3.05) is 20.6 Å². The van der Waals surface area contributed by atoms with Crippen LogP contribution in [-0.2, 0) is 6.54 Å². The Balaban J connectivity index is 1.86. The summed E-state index contributed by atoms with van der Waals surface area (Å²) in [5.41, 5.74) is 2.19. The van der Waals surface area contributed by atoms with Crippen molar-refractivity contribution in [1.29, 1.82) is 0 Å². The number of hydrogen-bond acceptors (Lipinski definition) is 3. The van der Waals surface area contributed by atoms with Crippen LogP contribution in [0.3, 0.4) is 0 Å². The van der Waals surface area contributed by atoms with Crippen molar-refractivity contribution in [3.8, 4) is 0 Å². The molecule has 4 nitrogen and oxygen atoms in total. The van der Waals surface area contributed by atoms with Crippen LogP contribution < -0.4 is 5.32 Å². The van der Waals surface area contributed by atoms with Crippen molar-refractivity contribution in [3.05, 3.63) is 30.1 Å². The van der Waals surface area contributed by atoms with Gasteiger partial charge in [-0.25, -0.2) is 4.98 Å². The van der Waals surface area contributed by atoms with Gasteiger partial charge in [0.05, 0.1) is 5.69 Å². The van der Waals surface area contributed by atoms with Crippen molar-refractivity contribution < 1.29 is 0 Å². The summed E-state index contributed by atoms with van der Waals surface area (Å²) in [5, 5.41) is 4.78. The van der Waals surface area contributed by atoms with E-state index in [1.807, 2.05) is 12.3 Å². The maximum Gasteiger partial charge on any atom is 0.137 e. The molecule has 2 N–H and O–H groups in total. The lowest BCUT2D eigenvalue weighted by Gasteiger charge is -2.27. The Labute approximate surface area is 121 Å². The van der Waals surface area contributed by atoms with E-state index in [0.717, 1.165) is 30.9 Å². The van der Waals surface area contributed by atoms with Crippen LogP contribution in [0.15, 0.2) is 24.4 Å². The summed E-state index contributed by atoms with van der Waals surface area (Å²) < 4.78 is 0. The maximum atomic E-state index is 4.62. The molecular formula is C16H26N4. The number of aromatic nitrogens is 2.